The Balaban J connectivity index is 2.59. The normalized spacial score (nSPS) is 30.7. The van der Waals surface area contributed by atoms with Crippen LogP contribution in [0.2, 0.25) is 0 Å². The summed E-state index contributed by atoms with van der Waals surface area (Å²) in [5.74, 6) is -1.55. The smallest absolute Gasteiger partial charge is 0.146 e. The summed E-state index contributed by atoms with van der Waals surface area (Å²) in [4.78, 5) is 0. The molecule has 100 valence electrons. The second-order valence-electron chi connectivity index (χ2n) is 6.09. The maximum atomic E-state index is 14.1. The van der Waals surface area contributed by atoms with Gasteiger partial charge in [-0.2, -0.15) is 0 Å². The minimum Gasteiger partial charge on any atom is -0.385 e. The molecule has 0 heterocycles. The van der Waals surface area contributed by atoms with E-state index in [4.69, 9.17) is 0 Å². The molecule has 2 rings (SSSR count). The molecule has 0 aromatic heterocycles. The van der Waals surface area contributed by atoms with Gasteiger partial charge >= 0.3 is 0 Å². The van der Waals surface area contributed by atoms with Crippen molar-refractivity contribution in [3.05, 3.63) is 33.8 Å². The minimum atomic E-state index is -1.43. The lowest BCUT2D eigenvalue weighted by molar-refractivity contribution is -0.00757. The van der Waals surface area contributed by atoms with Crippen molar-refractivity contribution in [3.8, 4) is 0 Å². The van der Waals surface area contributed by atoms with Gasteiger partial charge in [0, 0.05) is 0 Å². The summed E-state index contributed by atoms with van der Waals surface area (Å²) in [6.07, 6.45) is 1.11. The third-order valence-electron chi connectivity index (χ3n) is 3.90. The van der Waals surface area contributed by atoms with Gasteiger partial charge in [0.2, 0.25) is 0 Å². The van der Waals surface area contributed by atoms with Crippen LogP contribution in [0.1, 0.15) is 39.2 Å². The van der Waals surface area contributed by atoms with E-state index < -0.39 is 17.2 Å². The molecule has 1 nitrogen and oxygen atoms in total. The van der Waals surface area contributed by atoms with E-state index in [0.717, 1.165) is 6.42 Å². The molecule has 1 aliphatic rings. The van der Waals surface area contributed by atoms with E-state index in [1.54, 1.807) is 0 Å². The van der Waals surface area contributed by atoms with Crippen LogP contribution in [0.4, 0.5) is 8.78 Å². The highest BCUT2D eigenvalue weighted by atomic mass is 79.9. The highest BCUT2D eigenvalue weighted by molar-refractivity contribution is 9.10. The van der Waals surface area contributed by atoms with Crippen molar-refractivity contribution >= 4 is 15.9 Å². The highest BCUT2D eigenvalue weighted by Gasteiger charge is 2.51. The van der Waals surface area contributed by atoms with Crippen molar-refractivity contribution in [2.24, 2.45) is 11.3 Å². The SMILES string of the molecule is CC1CC(C)(C)CC1(O)c1c(F)ccc(Br)c1F. The molecule has 4 heteroatoms. The summed E-state index contributed by atoms with van der Waals surface area (Å²) in [7, 11) is 0. The molecule has 1 saturated carbocycles. The third kappa shape index (κ3) is 2.10. The van der Waals surface area contributed by atoms with Crippen molar-refractivity contribution < 1.29 is 13.9 Å². The number of halogens is 3. The number of hydrogen-bond donors (Lipinski definition) is 1. The first-order chi connectivity index (χ1) is 8.17. The first kappa shape index (κ1) is 13.9. The lowest BCUT2D eigenvalue weighted by Crippen LogP contribution is -2.31. The van der Waals surface area contributed by atoms with Crippen LogP contribution in [-0.2, 0) is 5.60 Å². The third-order valence-corrected chi connectivity index (χ3v) is 4.51. The van der Waals surface area contributed by atoms with E-state index in [-0.39, 0.29) is 21.4 Å². The van der Waals surface area contributed by atoms with Gasteiger partial charge in [-0.15, -0.1) is 0 Å². The summed E-state index contributed by atoms with van der Waals surface area (Å²) in [6.45, 7) is 5.86. The molecule has 0 radical (unpaired) electrons. The maximum absolute atomic E-state index is 14.1. The van der Waals surface area contributed by atoms with E-state index in [9.17, 15) is 13.9 Å². The quantitative estimate of drug-likeness (QED) is 0.762. The van der Waals surface area contributed by atoms with Crippen molar-refractivity contribution in [3.63, 3.8) is 0 Å². The second kappa shape index (κ2) is 4.27. The Morgan fingerprint density at radius 2 is 1.94 bits per heavy atom. The molecule has 1 aromatic rings. The van der Waals surface area contributed by atoms with Gasteiger partial charge in [-0.1, -0.05) is 20.8 Å². The number of benzene rings is 1. The molecule has 1 aliphatic carbocycles. The summed E-state index contributed by atoms with van der Waals surface area (Å²) >= 11 is 3.05. The summed E-state index contributed by atoms with van der Waals surface area (Å²) in [5, 5.41) is 10.8. The van der Waals surface area contributed by atoms with Gasteiger partial charge in [-0.05, 0) is 52.2 Å². The largest absolute Gasteiger partial charge is 0.385 e. The Kier molecular flexibility index (Phi) is 3.31. The van der Waals surface area contributed by atoms with Gasteiger partial charge in [0.25, 0.3) is 0 Å². The molecule has 1 aromatic carbocycles. The molecule has 0 aliphatic heterocycles. The van der Waals surface area contributed by atoms with Crippen LogP contribution < -0.4 is 0 Å². The Morgan fingerprint density at radius 3 is 2.44 bits per heavy atom. The number of aliphatic hydroxyl groups is 1. The summed E-state index contributed by atoms with van der Waals surface area (Å²) < 4.78 is 28.3. The molecule has 1 fully saturated rings. The van der Waals surface area contributed by atoms with Crippen LogP contribution in [0.25, 0.3) is 0 Å². The van der Waals surface area contributed by atoms with E-state index in [1.165, 1.54) is 12.1 Å². The van der Waals surface area contributed by atoms with Gasteiger partial charge in [-0.25, -0.2) is 8.78 Å². The first-order valence-corrected chi connectivity index (χ1v) is 6.83. The Bertz CT molecular complexity index is 487. The fourth-order valence-electron chi connectivity index (χ4n) is 3.23. The molecule has 18 heavy (non-hydrogen) atoms. The fraction of sp³-hybridized carbons (Fsp3) is 0.571. The lowest BCUT2D eigenvalue weighted by atomic mass is 9.83. The minimum absolute atomic E-state index is 0.116. The van der Waals surface area contributed by atoms with Crippen LogP contribution in [0.5, 0.6) is 0 Å². The van der Waals surface area contributed by atoms with Crippen molar-refractivity contribution in [1.82, 2.24) is 0 Å². The van der Waals surface area contributed by atoms with Crippen LogP contribution in [0.15, 0.2) is 16.6 Å². The Morgan fingerprint density at radius 1 is 1.33 bits per heavy atom. The molecular weight excluding hydrogens is 302 g/mol. The average Bonchev–Trinajstić information content (AvgIpc) is 2.42. The van der Waals surface area contributed by atoms with Crippen molar-refractivity contribution in [2.45, 2.75) is 39.2 Å². The zero-order valence-electron chi connectivity index (χ0n) is 10.7. The highest BCUT2D eigenvalue weighted by Crippen LogP contribution is 2.53. The predicted octanol–water partition coefficient (Wildman–Crippen LogP) is 4.37. The van der Waals surface area contributed by atoms with Gasteiger partial charge < -0.3 is 5.11 Å². The number of rotatable bonds is 1. The summed E-state index contributed by atoms with van der Waals surface area (Å²) in [6, 6.07) is 2.51. The zero-order chi connectivity index (χ0) is 13.7. The Hall–Kier alpha value is -0.480. The fourth-order valence-corrected chi connectivity index (χ4v) is 3.56. The monoisotopic (exact) mass is 318 g/mol. The molecule has 0 saturated heterocycles. The van der Waals surface area contributed by atoms with E-state index in [2.05, 4.69) is 15.9 Å². The lowest BCUT2D eigenvalue weighted by Gasteiger charge is -2.30. The van der Waals surface area contributed by atoms with E-state index >= 15 is 0 Å². The second-order valence-corrected chi connectivity index (χ2v) is 6.94. The van der Waals surface area contributed by atoms with Gasteiger partial charge in [0.05, 0.1) is 15.6 Å². The van der Waals surface area contributed by atoms with Crippen molar-refractivity contribution in [2.75, 3.05) is 0 Å². The zero-order valence-corrected chi connectivity index (χ0v) is 12.3. The molecule has 0 amide bonds. The molecular formula is C14H17BrF2O. The summed E-state index contributed by atoms with van der Waals surface area (Å²) in [5.41, 5.74) is -1.74. The van der Waals surface area contributed by atoms with Crippen LogP contribution >= 0.6 is 15.9 Å². The molecule has 2 unspecified atom stereocenters. The first-order valence-electron chi connectivity index (χ1n) is 6.04. The van der Waals surface area contributed by atoms with Gasteiger partial charge in [-0.3, -0.25) is 0 Å². The van der Waals surface area contributed by atoms with Crippen molar-refractivity contribution in [1.29, 1.82) is 0 Å². The Labute approximate surface area is 114 Å². The molecule has 1 N–H and O–H groups in total. The van der Waals surface area contributed by atoms with Gasteiger partial charge in [0.15, 0.2) is 0 Å². The van der Waals surface area contributed by atoms with Crippen LogP contribution in [0, 0.1) is 23.0 Å². The van der Waals surface area contributed by atoms with E-state index in [0.29, 0.717) is 6.42 Å². The van der Waals surface area contributed by atoms with Crippen LogP contribution in [0.3, 0.4) is 0 Å². The maximum Gasteiger partial charge on any atom is 0.146 e. The predicted molar refractivity (Wildman–Crippen MR) is 70.1 cm³/mol. The standard InChI is InChI=1S/C14H17BrF2O/c1-8-6-13(2,3)7-14(8,18)11-10(16)5-4-9(15)12(11)17/h4-5,8,18H,6-7H2,1-3H3. The molecule has 0 spiro atoms. The molecule has 2 atom stereocenters. The number of hydrogen-bond acceptors (Lipinski definition) is 1. The van der Waals surface area contributed by atoms with Crippen LogP contribution in [-0.4, -0.2) is 5.11 Å². The van der Waals surface area contributed by atoms with E-state index in [1.807, 2.05) is 20.8 Å². The topological polar surface area (TPSA) is 20.2 Å². The molecule has 0 bridgehead atoms. The average molecular weight is 319 g/mol. The van der Waals surface area contributed by atoms with Gasteiger partial charge in [0.1, 0.15) is 11.6 Å².